The number of hydrogen-bond acceptors (Lipinski definition) is 8. The number of Topliss-reactive ketones (excluding diaryl/α,β-unsaturated/α-hetero) is 3. The van der Waals surface area contributed by atoms with E-state index in [1.807, 2.05) is 0 Å². The maximum atomic E-state index is 12.9. The van der Waals surface area contributed by atoms with Gasteiger partial charge in [0.2, 0.25) is 0 Å². The molecule has 5 N–H and O–H groups in total. The third-order valence-electron chi connectivity index (χ3n) is 5.17. The lowest BCUT2D eigenvalue weighted by Crippen LogP contribution is -2.41. The molecule has 8 nitrogen and oxygen atoms in total. The summed E-state index contributed by atoms with van der Waals surface area (Å²) >= 11 is 0. The van der Waals surface area contributed by atoms with Gasteiger partial charge < -0.3 is 25.5 Å². The van der Waals surface area contributed by atoms with Crippen LogP contribution in [0.15, 0.2) is 53.4 Å². The number of hydrogen-bond donors (Lipinski definition) is 5. The molecule has 0 spiro atoms. The second kappa shape index (κ2) is 5.93. The molecule has 0 aromatic heterocycles. The highest BCUT2D eigenvalue weighted by Crippen LogP contribution is 2.43. The van der Waals surface area contributed by atoms with E-state index in [0.29, 0.717) is 10.8 Å². The minimum Gasteiger partial charge on any atom is -0.507 e. The van der Waals surface area contributed by atoms with E-state index >= 15 is 0 Å². The SMILES string of the molecule is O=C(CO)c1ccc2cc3c(cc2c1)C(=O)C1C(O)=C(O)C(O)=C(O)C1C3=O. The van der Waals surface area contributed by atoms with E-state index in [9.17, 15) is 34.8 Å². The Balaban J connectivity index is 1.94. The number of carbonyl (C=O) groups is 3. The maximum absolute atomic E-state index is 12.9. The molecule has 0 saturated carbocycles. The molecule has 0 fully saturated rings. The topological polar surface area (TPSA) is 152 Å². The quantitative estimate of drug-likeness (QED) is 0.496. The van der Waals surface area contributed by atoms with Crippen LogP contribution < -0.4 is 0 Å². The van der Waals surface area contributed by atoms with Crippen molar-refractivity contribution < 1.29 is 39.9 Å². The van der Waals surface area contributed by atoms with Crippen LogP contribution in [0.25, 0.3) is 10.8 Å². The Morgan fingerprint density at radius 2 is 1.29 bits per heavy atom. The van der Waals surface area contributed by atoms with Crippen LogP contribution in [-0.4, -0.2) is 49.5 Å². The van der Waals surface area contributed by atoms with Crippen LogP contribution in [0.1, 0.15) is 31.1 Å². The predicted octanol–water partition coefficient (Wildman–Crippen LogP) is 2.29. The van der Waals surface area contributed by atoms with Crippen molar-refractivity contribution in [1.82, 2.24) is 0 Å². The van der Waals surface area contributed by atoms with E-state index in [-0.39, 0.29) is 16.7 Å². The highest BCUT2D eigenvalue weighted by atomic mass is 16.4. The highest BCUT2D eigenvalue weighted by molar-refractivity contribution is 6.20. The first-order valence-electron chi connectivity index (χ1n) is 8.31. The van der Waals surface area contributed by atoms with Crippen LogP contribution in [-0.2, 0) is 0 Å². The molecular weight excluding hydrogens is 368 g/mol. The second-order valence-corrected chi connectivity index (χ2v) is 6.69. The molecule has 0 heterocycles. The zero-order valence-electron chi connectivity index (χ0n) is 14.2. The summed E-state index contributed by atoms with van der Waals surface area (Å²) in [5.74, 6) is -8.90. The van der Waals surface area contributed by atoms with Crippen LogP contribution in [0.5, 0.6) is 0 Å². The molecule has 2 unspecified atom stereocenters. The van der Waals surface area contributed by atoms with Gasteiger partial charge in [-0.25, -0.2) is 0 Å². The van der Waals surface area contributed by atoms with Crippen LogP contribution in [0.2, 0.25) is 0 Å². The summed E-state index contributed by atoms with van der Waals surface area (Å²) in [6.07, 6.45) is 0. The zero-order chi connectivity index (χ0) is 20.3. The van der Waals surface area contributed by atoms with E-state index in [1.165, 1.54) is 24.3 Å². The van der Waals surface area contributed by atoms with Gasteiger partial charge in [0.15, 0.2) is 28.9 Å². The van der Waals surface area contributed by atoms with Crippen molar-refractivity contribution in [3.63, 3.8) is 0 Å². The molecule has 2 aromatic carbocycles. The third-order valence-corrected chi connectivity index (χ3v) is 5.17. The molecular formula is C20H14O8. The third kappa shape index (κ3) is 2.25. The maximum Gasteiger partial charge on any atom is 0.200 e. The van der Waals surface area contributed by atoms with E-state index < -0.39 is 58.8 Å². The average molecular weight is 382 g/mol. The highest BCUT2D eigenvalue weighted by Gasteiger charge is 2.51. The van der Waals surface area contributed by atoms with E-state index in [1.54, 1.807) is 6.07 Å². The molecule has 2 aromatic rings. The van der Waals surface area contributed by atoms with Gasteiger partial charge in [0.25, 0.3) is 0 Å². The Morgan fingerprint density at radius 1 is 0.786 bits per heavy atom. The molecule has 2 aliphatic carbocycles. The summed E-state index contributed by atoms with van der Waals surface area (Å²) in [7, 11) is 0. The summed E-state index contributed by atoms with van der Waals surface area (Å²) < 4.78 is 0. The Labute approximate surface area is 157 Å². The van der Waals surface area contributed by atoms with E-state index in [4.69, 9.17) is 5.11 Å². The van der Waals surface area contributed by atoms with Crippen molar-refractivity contribution >= 4 is 28.1 Å². The normalized spacial score (nSPS) is 21.8. The summed E-state index contributed by atoms with van der Waals surface area (Å²) in [5, 5.41) is 49.7. The molecule has 0 amide bonds. The van der Waals surface area contributed by atoms with Gasteiger partial charge in [-0.3, -0.25) is 14.4 Å². The van der Waals surface area contributed by atoms with Crippen LogP contribution in [0, 0.1) is 11.8 Å². The summed E-state index contributed by atoms with van der Waals surface area (Å²) in [5.41, 5.74) is 0.181. The minimum absolute atomic E-state index is 0.00600. The molecule has 8 heteroatoms. The van der Waals surface area contributed by atoms with Gasteiger partial charge in [-0.15, -0.1) is 0 Å². The number of allylic oxidation sites excluding steroid dienone is 2. The largest absolute Gasteiger partial charge is 0.507 e. The van der Waals surface area contributed by atoms with Gasteiger partial charge in [-0.05, 0) is 29.0 Å². The van der Waals surface area contributed by atoms with Gasteiger partial charge in [0.1, 0.15) is 30.0 Å². The first kappa shape index (κ1) is 17.7. The first-order valence-corrected chi connectivity index (χ1v) is 8.31. The lowest BCUT2D eigenvalue weighted by atomic mass is 9.69. The fourth-order valence-corrected chi connectivity index (χ4v) is 3.71. The smallest absolute Gasteiger partial charge is 0.200 e. The van der Waals surface area contributed by atoms with Crippen molar-refractivity contribution in [2.75, 3.05) is 6.61 Å². The number of fused-ring (bicyclic) bond motifs is 3. The van der Waals surface area contributed by atoms with Gasteiger partial charge >= 0.3 is 0 Å². The monoisotopic (exact) mass is 382 g/mol. The number of carbonyl (C=O) groups excluding carboxylic acids is 3. The second-order valence-electron chi connectivity index (χ2n) is 6.69. The summed E-state index contributed by atoms with van der Waals surface area (Å²) in [4.78, 5) is 37.6. The Morgan fingerprint density at radius 3 is 1.79 bits per heavy atom. The lowest BCUT2D eigenvalue weighted by molar-refractivity contribution is 0.0664. The average Bonchev–Trinajstić information content (AvgIpc) is 2.70. The summed E-state index contributed by atoms with van der Waals surface area (Å²) in [6, 6.07) is 7.30. The molecule has 0 bridgehead atoms. The van der Waals surface area contributed by atoms with Gasteiger partial charge in [0.05, 0.1) is 0 Å². The van der Waals surface area contributed by atoms with Crippen molar-refractivity contribution in [2.45, 2.75) is 0 Å². The van der Waals surface area contributed by atoms with Crippen molar-refractivity contribution in [1.29, 1.82) is 0 Å². The molecule has 0 aliphatic heterocycles. The van der Waals surface area contributed by atoms with Crippen molar-refractivity contribution in [3.05, 3.63) is 70.1 Å². The van der Waals surface area contributed by atoms with E-state index in [2.05, 4.69) is 0 Å². The molecule has 0 radical (unpaired) electrons. The number of aliphatic hydroxyl groups is 5. The van der Waals surface area contributed by atoms with Crippen molar-refractivity contribution in [3.8, 4) is 0 Å². The van der Waals surface area contributed by atoms with Gasteiger partial charge in [0, 0.05) is 16.7 Å². The lowest BCUT2D eigenvalue weighted by Gasteiger charge is -2.33. The standard InChI is InChI=1S/C20H14O8/c21-6-12(22)8-2-1-7-4-10-11(5-9(7)3-8)16(24)14-13(15(10)23)17(25)19(27)20(28)18(14)26/h1-5,13-14,21,25-28H,6H2. The van der Waals surface area contributed by atoms with Gasteiger partial charge in [-0.2, -0.15) is 0 Å². The zero-order valence-corrected chi connectivity index (χ0v) is 14.2. The number of aliphatic hydroxyl groups excluding tert-OH is 5. The first-order chi connectivity index (χ1) is 13.3. The Kier molecular flexibility index (Phi) is 3.76. The van der Waals surface area contributed by atoms with Crippen molar-refractivity contribution in [2.24, 2.45) is 11.8 Å². The Hall–Kier alpha value is -3.65. The number of benzene rings is 2. The molecule has 2 atom stereocenters. The van der Waals surface area contributed by atoms with Crippen LogP contribution in [0.4, 0.5) is 0 Å². The fraction of sp³-hybridized carbons (Fsp3) is 0.150. The van der Waals surface area contributed by atoms with Gasteiger partial charge in [-0.1, -0.05) is 12.1 Å². The number of ketones is 3. The van der Waals surface area contributed by atoms with Crippen LogP contribution >= 0.6 is 0 Å². The molecule has 28 heavy (non-hydrogen) atoms. The van der Waals surface area contributed by atoms with E-state index in [0.717, 1.165) is 0 Å². The minimum atomic E-state index is -1.56. The predicted molar refractivity (Wildman–Crippen MR) is 95.6 cm³/mol. The molecule has 142 valence electrons. The van der Waals surface area contributed by atoms with Crippen LogP contribution in [0.3, 0.4) is 0 Å². The number of rotatable bonds is 2. The molecule has 4 rings (SSSR count). The molecule has 2 aliphatic rings. The molecule has 0 saturated heterocycles. The summed E-state index contributed by atoms with van der Waals surface area (Å²) in [6.45, 7) is -0.676. The Bertz CT molecular complexity index is 1150. The fourth-order valence-electron chi connectivity index (χ4n) is 3.71.